The van der Waals surface area contributed by atoms with Gasteiger partial charge >= 0.3 is 0 Å². The standard InChI is InChI=1S/C6H9NO/c1-2-7(5-8)6-3-4-6/h2,5-6H,1,3-4H2. The van der Waals surface area contributed by atoms with Crippen LogP contribution in [-0.2, 0) is 4.79 Å². The summed E-state index contributed by atoms with van der Waals surface area (Å²) in [6.07, 6.45) is 4.69. The van der Waals surface area contributed by atoms with Gasteiger partial charge in [0.25, 0.3) is 0 Å². The van der Waals surface area contributed by atoms with Crippen LogP contribution in [0.25, 0.3) is 0 Å². The van der Waals surface area contributed by atoms with Crippen molar-refractivity contribution >= 4 is 6.41 Å². The van der Waals surface area contributed by atoms with E-state index in [1.807, 2.05) is 0 Å². The fourth-order valence-corrected chi connectivity index (χ4v) is 0.651. The van der Waals surface area contributed by atoms with Gasteiger partial charge in [-0.25, -0.2) is 0 Å². The van der Waals surface area contributed by atoms with Crippen LogP contribution in [0.3, 0.4) is 0 Å². The molecule has 0 heterocycles. The van der Waals surface area contributed by atoms with Crippen molar-refractivity contribution in [2.75, 3.05) is 0 Å². The fourth-order valence-electron chi connectivity index (χ4n) is 0.651. The summed E-state index contributed by atoms with van der Waals surface area (Å²) in [5.41, 5.74) is 0. The topological polar surface area (TPSA) is 20.3 Å². The van der Waals surface area contributed by atoms with E-state index in [2.05, 4.69) is 6.58 Å². The Labute approximate surface area is 48.8 Å². The van der Waals surface area contributed by atoms with Crippen molar-refractivity contribution in [2.45, 2.75) is 18.9 Å². The van der Waals surface area contributed by atoms with Gasteiger partial charge in [0.15, 0.2) is 0 Å². The highest BCUT2D eigenvalue weighted by molar-refractivity contribution is 5.50. The number of rotatable bonds is 3. The van der Waals surface area contributed by atoms with E-state index < -0.39 is 0 Å². The summed E-state index contributed by atoms with van der Waals surface area (Å²) in [5, 5.41) is 0. The predicted octanol–water partition coefficient (Wildman–Crippen LogP) is 0.751. The van der Waals surface area contributed by atoms with Crippen molar-refractivity contribution in [3.63, 3.8) is 0 Å². The number of nitrogens with zero attached hydrogens (tertiary/aromatic N) is 1. The third-order valence-electron chi connectivity index (χ3n) is 1.30. The van der Waals surface area contributed by atoms with Gasteiger partial charge in [-0.1, -0.05) is 6.58 Å². The third kappa shape index (κ3) is 0.886. The average molecular weight is 111 g/mol. The number of hydrogen-bond acceptors (Lipinski definition) is 1. The Bertz CT molecular complexity index is 99.1. The lowest BCUT2D eigenvalue weighted by atomic mass is 10.6. The minimum absolute atomic E-state index is 0.477. The molecular weight excluding hydrogens is 102 g/mol. The molecule has 8 heavy (non-hydrogen) atoms. The zero-order chi connectivity index (χ0) is 5.98. The first-order valence-electron chi connectivity index (χ1n) is 2.74. The Morgan fingerprint density at radius 1 is 1.62 bits per heavy atom. The number of carbonyl (C=O) groups excluding carboxylic acids is 1. The lowest BCUT2D eigenvalue weighted by Crippen LogP contribution is -2.15. The van der Waals surface area contributed by atoms with Crippen LogP contribution in [0.5, 0.6) is 0 Å². The van der Waals surface area contributed by atoms with Gasteiger partial charge in [0, 0.05) is 6.04 Å². The summed E-state index contributed by atoms with van der Waals surface area (Å²) in [6.45, 7) is 3.49. The molecule has 1 aliphatic carbocycles. The molecule has 0 unspecified atom stereocenters. The lowest BCUT2D eigenvalue weighted by Gasteiger charge is -2.06. The van der Waals surface area contributed by atoms with E-state index in [0.717, 1.165) is 19.3 Å². The maximum Gasteiger partial charge on any atom is 0.213 e. The van der Waals surface area contributed by atoms with Crippen LogP contribution in [-0.4, -0.2) is 17.4 Å². The van der Waals surface area contributed by atoms with E-state index in [4.69, 9.17) is 0 Å². The summed E-state index contributed by atoms with van der Waals surface area (Å²) < 4.78 is 0. The number of amides is 1. The van der Waals surface area contributed by atoms with Crippen LogP contribution in [0, 0.1) is 0 Å². The maximum absolute atomic E-state index is 10.1. The normalized spacial score (nSPS) is 17.5. The van der Waals surface area contributed by atoms with E-state index in [1.165, 1.54) is 0 Å². The van der Waals surface area contributed by atoms with Gasteiger partial charge in [-0.15, -0.1) is 0 Å². The molecule has 0 spiro atoms. The molecule has 1 saturated carbocycles. The van der Waals surface area contributed by atoms with E-state index in [1.54, 1.807) is 11.1 Å². The second-order valence-corrected chi connectivity index (χ2v) is 1.97. The Morgan fingerprint density at radius 2 is 2.25 bits per heavy atom. The molecule has 2 nitrogen and oxygen atoms in total. The highest BCUT2D eigenvalue weighted by Crippen LogP contribution is 2.25. The number of hydrogen-bond donors (Lipinski definition) is 0. The Kier molecular flexibility index (Phi) is 1.33. The van der Waals surface area contributed by atoms with Crippen LogP contribution in [0.15, 0.2) is 12.8 Å². The second kappa shape index (κ2) is 1.99. The van der Waals surface area contributed by atoms with Crippen molar-refractivity contribution in [1.29, 1.82) is 0 Å². The van der Waals surface area contributed by atoms with Crippen LogP contribution in [0.4, 0.5) is 0 Å². The largest absolute Gasteiger partial charge is 0.319 e. The quantitative estimate of drug-likeness (QED) is 0.492. The molecule has 2 heteroatoms. The average Bonchev–Trinajstić information content (AvgIpc) is 2.53. The summed E-state index contributed by atoms with van der Waals surface area (Å²) in [4.78, 5) is 11.7. The van der Waals surface area contributed by atoms with Gasteiger partial charge in [0.2, 0.25) is 6.41 Å². The molecule has 0 aromatic rings. The van der Waals surface area contributed by atoms with Crippen molar-refractivity contribution < 1.29 is 4.79 Å². The zero-order valence-electron chi connectivity index (χ0n) is 4.71. The molecule has 0 aromatic carbocycles. The molecule has 1 aliphatic rings. The molecule has 0 aromatic heterocycles. The molecular formula is C6H9NO. The SMILES string of the molecule is C=CN(C=O)C1CC1. The summed E-state index contributed by atoms with van der Waals surface area (Å²) in [7, 11) is 0. The first-order chi connectivity index (χ1) is 3.88. The molecule has 0 aliphatic heterocycles. The van der Waals surface area contributed by atoms with Gasteiger partial charge in [-0.05, 0) is 19.0 Å². The Morgan fingerprint density at radius 3 is 2.38 bits per heavy atom. The summed E-state index contributed by atoms with van der Waals surface area (Å²) in [6, 6.07) is 0.477. The lowest BCUT2D eigenvalue weighted by molar-refractivity contribution is -0.116. The van der Waals surface area contributed by atoms with Crippen molar-refractivity contribution in [2.24, 2.45) is 0 Å². The summed E-state index contributed by atoms with van der Waals surface area (Å²) >= 11 is 0. The van der Waals surface area contributed by atoms with Crippen molar-refractivity contribution in [3.8, 4) is 0 Å². The first-order valence-corrected chi connectivity index (χ1v) is 2.74. The molecule has 1 amide bonds. The van der Waals surface area contributed by atoms with Gasteiger partial charge in [0.1, 0.15) is 0 Å². The molecule has 0 saturated heterocycles. The number of carbonyl (C=O) groups is 1. The molecule has 1 rings (SSSR count). The fraction of sp³-hybridized carbons (Fsp3) is 0.500. The van der Waals surface area contributed by atoms with Gasteiger partial charge in [0.05, 0.1) is 0 Å². The summed E-state index contributed by atoms with van der Waals surface area (Å²) in [5.74, 6) is 0. The van der Waals surface area contributed by atoms with E-state index >= 15 is 0 Å². The smallest absolute Gasteiger partial charge is 0.213 e. The van der Waals surface area contributed by atoms with Crippen LogP contribution < -0.4 is 0 Å². The zero-order valence-corrected chi connectivity index (χ0v) is 4.71. The second-order valence-electron chi connectivity index (χ2n) is 1.97. The van der Waals surface area contributed by atoms with Crippen molar-refractivity contribution in [1.82, 2.24) is 4.90 Å². The van der Waals surface area contributed by atoms with Gasteiger partial charge < -0.3 is 4.90 Å². The monoisotopic (exact) mass is 111 g/mol. The molecule has 0 N–H and O–H groups in total. The van der Waals surface area contributed by atoms with E-state index in [-0.39, 0.29) is 0 Å². The van der Waals surface area contributed by atoms with Crippen LogP contribution in [0.2, 0.25) is 0 Å². The highest BCUT2D eigenvalue weighted by atomic mass is 16.1. The molecule has 1 fully saturated rings. The minimum Gasteiger partial charge on any atom is -0.319 e. The molecule has 0 atom stereocenters. The Balaban J connectivity index is 2.36. The molecule has 44 valence electrons. The molecule has 0 radical (unpaired) electrons. The van der Waals surface area contributed by atoms with Crippen LogP contribution in [0.1, 0.15) is 12.8 Å². The molecule has 0 bridgehead atoms. The highest BCUT2D eigenvalue weighted by Gasteiger charge is 2.25. The van der Waals surface area contributed by atoms with E-state index in [0.29, 0.717) is 6.04 Å². The maximum atomic E-state index is 10.1. The third-order valence-corrected chi connectivity index (χ3v) is 1.30. The Hall–Kier alpha value is -0.790. The first kappa shape index (κ1) is 5.35. The minimum atomic E-state index is 0.477. The van der Waals surface area contributed by atoms with Crippen molar-refractivity contribution in [3.05, 3.63) is 12.8 Å². The predicted molar refractivity (Wildman–Crippen MR) is 31.1 cm³/mol. The van der Waals surface area contributed by atoms with Crippen LogP contribution >= 0.6 is 0 Å². The van der Waals surface area contributed by atoms with Gasteiger partial charge in [-0.2, -0.15) is 0 Å². The van der Waals surface area contributed by atoms with Gasteiger partial charge in [-0.3, -0.25) is 4.79 Å². The van der Waals surface area contributed by atoms with E-state index in [9.17, 15) is 4.79 Å².